The second kappa shape index (κ2) is 2.70. The molecule has 0 fully saturated rings. The van der Waals surface area contributed by atoms with Crippen molar-refractivity contribution < 1.29 is 5.11 Å². The molecule has 0 unspecified atom stereocenters. The second-order valence-corrected chi connectivity index (χ2v) is 2.20. The van der Waals surface area contributed by atoms with Gasteiger partial charge in [-0.1, -0.05) is 0 Å². The Kier molecular flexibility index (Phi) is 1.91. The zero-order valence-electron chi connectivity index (χ0n) is 5.74. The van der Waals surface area contributed by atoms with Gasteiger partial charge in [-0.3, -0.25) is 4.57 Å². The van der Waals surface area contributed by atoms with Crippen LogP contribution in [0.2, 0.25) is 0 Å². The number of aliphatic hydroxyl groups excluding tert-OH is 1. The molecule has 0 aliphatic rings. The van der Waals surface area contributed by atoms with Crippen molar-refractivity contribution in [3.8, 4) is 0 Å². The van der Waals surface area contributed by atoms with Gasteiger partial charge in [0.2, 0.25) is 0 Å². The third-order valence-corrected chi connectivity index (χ3v) is 1.42. The number of hydrogen-bond acceptors (Lipinski definition) is 2. The van der Waals surface area contributed by atoms with Gasteiger partial charge in [-0.15, -0.1) is 0 Å². The van der Waals surface area contributed by atoms with Gasteiger partial charge in [-0.25, -0.2) is 4.79 Å². The number of rotatable bonds is 2. The first-order valence-electron chi connectivity index (χ1n) is 3.12. The molecule has 0 saturated carbocycles. The summed E-state index contributed by atoms with van der Waals surface area (Å²) in [5.41, 5.74) is -0.179. The van der Waals surface area contributed by atoms with E-state index in [1.54, 1.807) is 19.3 Å². The van der Waals surface area contributed by atoms with Crippen molar-refractivity contribution in [1.29, 1.82) is 0 Å². The Morgan fingerprint density at radius 2 is 2.60 bits per heavy atom. The molecular weight excluding hydrogens is 132 g/mol. The smallest absolute Gasteiger partial charge is 0.325 e. The van der Waals surface area contributed by atoms with Gasteiger partial charge < -0.3 is 10.1 Å². The highest BCUT2D eigenvalue weighted by atomic mass is 16.3. The summed E-state index contributed by atoms with van der Waals surface area (Å²) in [4.78, 5) is 13.3. The van der Waals surface area contributed by atoms with E-state index in [2.05, 4.69) is 4.98 Å². The topological polar surface area (TPSA) is 58.0 Å². The first-order chi connectivity index (χ1) is 4.75. The molecule has 4 heteroatoms. The molecule has 10 heavy (non-hydrogen) atoms. The van der Waals surface area contributed by atoms with E-state index in [4.69, 9.17) is 5.11 Å². The summed E-state index contributed by atoms with van der Waals surface area (Å²) in [5, 5.41) is 8.66. The molecule has 4 nitrogen and oxygen atoms in total. The largest absolute Gasteiger partial charge is 0.394 e. The van der Waals surface area contributed by atoms with Crippen LogP contribution in [0.4, 0.5) is 0 Å². The fourth-order valence-electron chi connectivity index (χ4n) is 0.766. The van der Waals surface area contributed by atoms with Crippen LogP contribution in [0.25, 0.3) is 0 Å². The molecule has 0 aromatic carbocycles. The summed E-state index contributed by atoms with van der Waals surface area (Å²) in [5.74, 6) is 0. The van der Waals surface area contributed by atoms with Crippen molar-refractivity contribution in [2.24, 2.45) is 0 Å². The molecule has 56 valence electrons. The van der Waals surface area contributed by atoms with Crippen LogP contribution in [0, 0.1) is 0 Å². The molecule has 0 spiro atoms. The van der Waals surface area contributed by atoms with Gasteiger partial charge in [-0.2, -0.15) is 0 Å². The van der Waals surface area contributed by atoms with Crippen molar-refractivity contribution in [3.63, 3.8) is 0 Å². The Morgan fingerprint density at radius 3 is 3.00 bits per heavy atom. The summed E-state index contributed by atoms with van der Waals surface area (Å²) >= 11 is 0. The number of aromatic nitrogens is 2. The Hall–Kier alpha value is -1.03. The van der Waals surface area contributed by atoms with Gasteiger partial charge in [0.15, 0.2) is 0 Å². The normalized spacial score (nSPS) is 13.4. The SMILES string of the molecule is C[C@@H](CO)n1cc[nH]c1=O. The number of nitrogens with zero attached hydrogens (tertiary/aromatic N) is 1. The summed E-state index contributed by atoms with van der Waals surface area (Å²) in [6.07, 6.45) is 3.16. The number of imidazole rings is 1. The van der Waals surface area contributed by atoms with Crippen LogP contribution >= 0.6 is 0 Å². The van der Waals surface area contributed by atoms with Crippen molar-refractivity contribution in [2.45, 2.75) is 13.0 Å². The van der Waals surface area contributed by atoms with Gasteiger partial charge in [0.1, 0.15) is 0 Å². The fourth-order valence-corrected chi connectivity index (χ4v) is 0.766. The van der Waals surface area contributed by atoms with Gasteiger partial charge >= 0.3 is 5.69 Å². The number of hydrogen-bond donors (Lipinski definition) is 2. The van der Waals surface area contributed by atoms with E-state index >= 15 is 0 Å². The average Bonchev–Trinajstić information content (AvgIpc) is 2.34. The minimum atomic E-state index is -0.179. The van der Waals surface area contributed by atoms with E-state index in [1.165, 1.54) is 4.57 Å². The summed E-state index contributed by atoms with van der Waals surface area (Å²) in [6, 6.07) is -0.140. The number of H-pyrrole nitrogens is 1. The Balaban J connectivity index is 2.93. The molecule has 2 N–H and O–H groups in total. The van der Waals surface area contributed by atoms with Crippen LogP contribution in [0.15, 0.2) is 17.2 Å². The maximum Gasteiger partial charge on any atom is 0.325 e. The summed E-state index contributed by atoms with van der Waals surface area (Å²) < 4.78 is 1.44. The van der Waals surface area contributed by atoms with E-state index in [0.717, 1.165) is 0 Å². The average molecular weight is 142 g/mol. The zero-order chi connectivity index (χ0) is 7.56. The zero-order valence-corrected chi connectivity index (χ0v) is 5.74. The molecule has 0 aliphatic carbocycles. The van der Waals surface area contributed by atoms with E-state index in [-0.39, 0.29) is 18.3 Å². The molecule has 1 aromatic heterocycles. The molecule has 0 bridgehead atoms. The van der Waals surface area contributed by atoms with Crippen LogP contribution < -0.4 is 5.69 Å². The predicted molar refractivity (Wildman–Crippen MR) is 36.8 cm³/mol. The summed E-state index contributed by atoms with van der Waals surface area (Å²) in [7, 11) is 0. The van der Waals surface area contributed by atoms with E-state index in [1.807, 2.05) is 0 Å². The first kappa shape index (κ1) is 7.08. The van der Waals surface area contributed by atoms with Crippen molar-refractivity contribution >= 4 is 0 Å². The molecule has 0 radical (unpaired) electrons. The minimum Gasteiger partial charge on any atom is -0.394 e. The lowest BCUT2D eigenvalue weighted by atomic mass is 10.4. The quantitative estimate of drug-likeness (QED) is 0.597. The lowest BCUT2D eigenvalue weighted by Gasteiger charge is -2.06. The van der Waals surface area contributed by atoms with E-state index in [0.29, 0.717) is 0 Å². The lowest BCUT2D eigenvalue weighted by Crippen LogP contribution is -2.21. The minimum absolute atomic E-state index is 0.0161. The molecular formula is C6H10N2O2. The predicted octanol–water partition coefficient (Wildman–Crippen LogP) is -0.270. The third-order valence-electron chi connectivity index (χ3n) is 1.42. The monoisotopic (exact) mass is 142 g/mol. The number of aromatic amines is 1. The molecule has 1 rings (SSSR count). The maximum atomic E-state index is 10.8. The van der Waals surface area contributed by atoms with Crippen LogP contribution in [0.1, 0.15) is 13.0 Å². The van der Waals surface area contributed by atoms with Crippen LogP contribution in [-0.2, 0) is 0 Å². The van der Waals surface area contributed by atoms with E-state index < -0.39 is 0 Å². The van der Waals surface area contributed by atoms with Gasteiger partial charge in [0, 0.05) is 12.4 Å². The lowest BCUT2D eigenvalue weighted by molar-refractivity contribution is 0.236. The highest BCUT2D eigenvalue weighted by Gasteiger charge is 2.03. The van der Waals surface area contributed by atoms with Crippen LogP contribution in [0.3, 0.4) is 0 Å². The maximum absolute atomic E-state index is 10.8. The van der Waals surface area contributed by atoms with Crippen molar-refractivity contribution in [1.82, 2.24) is 9.55 Å². The first-order valence-corrected chi connectivity index (χ1v) is 3.12. The molecule has 0 saturated heterocycles. The standard InChI is InChI=1S/C6H10N2O2/c1-5(4-9)8-3-2-7-6(8)10/h2-3,5,9H,4H2,1H3,(H,7,10)/t5-/m0/s1. The summed E-state index contributed by atoms with van der Waals surface area (Å²) in [6.45, 7) is 1.76. The van der Waals surface area contributed by atoms with Gasteiger partial charge in [0.25, 0.3) is 0 Å². The van der Waals surface area contributed by atoms with Gasteiger partial charge in [0.05, 0.1) is 12.6 Å². The molecule has 0 amide bonds. The fraction of sp³-hybridized carbons (Fsp3) is 0.500. The highest BCUT2D eigenvalue weighted by molar-refractivity contribution is 4.79. The number of aliphatic hydroxyl groups is 1. The Bertz CT molecular complexity index is 250. The van der Waals surface area contributed by atoms with Crippen LogP contribution in [0.5, 0.6) is 0 Å². The molecule has 1 atom stereocenters. The van der Waals surface area contributed by atoms with Crippen LogP contribution in [-0.4, -0.2) is 21.3 Å². The van der Waals surface area contributed by atoms with Crippen molar-refractivity contribution in [2.75, 3.05) is 6.61 Å². The molecule has 1 heterocycles. The van der Waals surface area contributed by atoms with Crippen molar-refractivity contribution in [3.05, 3.63) is 22.9 Å². The van der Waals surface area contributed by atoms with E-state index in [9.17, 15) is 4.79 Å². The number of nitrogens with one attached hydrogen (secondary N) is 1. The molecule has 0 aliphatic heterocycles. The highest BCUT2D eigenvalue weighted by Crippen LogP contribution is 1.97. The second-order valence-electron chi connectivity index (χ2n) is 2.20. The Labute approximate surface area is 58.1 Å². The molecule has 1 aromatic rings. The third kappa shape index (κ3) is 1.11. The Morgan fingerprint density at radius 1 is 1.90 bits per heavy atom. The van der Waals surface area contributed by atoms with Gasteiger partial charge in [-0.05, 0) is 6.92 Å².